The molecule has 0 aromatic heterocycles. The Bertz CT molecular complexity index is 803. The van der Waals surface area contributed by atoms with E-state index >= 15 is 0 Å². The molecule has 2 amide bonds. The van der Waals surface area contributed by atoms with Gasteiger partial charge in [0.15, 0.2) is 5.17 Å². The molecule has 148 valence electrons. The minimum Gasteiger partial charge on any atom is -0.326 e. The number of carbonyl (C=O) groups excluding carboxylic acids is 2. The van der Waals surface area contributed by atoms with Crippen LogP contribution < -0.4 is 10.6 Å². The van der Waals surface area contributed by atoms with Gasteiger partial charge in [-0.05, 0) is 80.5 Å². The molecule has 1 aliphatic heterocycles. The summed E-state index contributed by atoms with van der Waals surface area (Å²) in [7, 11) is 0. The van der Waals surface area contributed by atoms with E-state index < -0.39 is 5.25 Å². The van der Waals surface area contributed by atoms with Crippen molar-refractivity contribution in [1.29, 1.82) is 0 Å². The van der Waals surface area contributed by atoms with E-state index in [1.165, 1.54) is 55.3 Å². The number of carbonyl (C=O) groups is 2. The number of amidine groups is 1. The minimum absolute atomic E-state index is 0.00955. The van der Waals surface area contributed by atoms with E-state index in [0.29, 0.717) is 10.9 Å². The standard InChI is InChI=1S/C21H24FN3O2S/c22-15-1-3-16(4-2-15)23-18(26)8-17-19(27)24-20(28-17)25-21-9-12-5-13(10-21)7-14(6-12)11-21/h1-4,12-14,17H,5-11H2,(H,23,26)(H,24,25,27). The third-order valence-corrected chi connectivity index (χ3v) is 7.70. The van der Waals surface area contributed by atoms with E-state index in [2.05, 4.69) is 10.6 Å². The molecule has 1 saturated heterocycles. The van der Waals surface area contributed by atoms with Gasteiger partial charge < -0.3 is 10.6 Å². The van der Waals surface area contributed by atoms with Crippen molar-refractivity contribution in [2.75, 3.05) is 5.32 Å². The first kappa shape index (κ1) is 18.2. The van der Waals surface area contributed by atoms with Crippen LogP contribution >= 0.6 is 11.8 Å². The van der Waals surface area contributed by atoms with Crippen LogP contribution in [-0.4, -0.2) is 27.8 Å². The number of aliphatic imine (C=N–C) groups is 1. The summed E-state index contributed by atoms with van der Waals surface area (Å²) >= 11 is 1.38. The molecular weight excluding hydrogens is 377 g/mol. The summed E-state index contributed by atoms with van der Waals surface area (Å²) in [6, 6.07) is 5.61. The topological polar surface area (TPSA) is 70.6 Å². The fraction of sp³-hybridized carbons (Fsp3) is 0.571. The molecule has 5 nitrogen and oxygen atoms in total. The summed E-state index contributed by atoms with van der Waals surface area (Å²) in [6.45, 7) is 0. The molecule has 0 spiro atoms. The molecule has 1 aromatic rings. The Morgan fingerprint density at radius 2 is 1.75 bits per heavy atom. The molecule has 1 aromatic carbocycles. The average Bonchev–Trinajstić information content (AvgIpc) is 2.94. The van der Waals surface area contributed by atoms with Gasteiger partial charge in [0.25, 0.3) is 0 Å². The van der Waals surface area contributed by atoms with Crippen LogP contribution in [-0.2, 0) is 9.59 Å². The van der Waals surface area contributed by atoms with E-state index in [-0.39, 0.29) is 29.6 Å². The monoisotopic (exact) mass is 401 g/mol. The molecule has 5 fully saturated rings. The smallest absolute Gasteiger partial charge is 0.240 e. The predicted octanol–water partition coefficient (Wildman–Crippen LogP) is 3.71. The number of nitrogens with zero attached hydrogens (tertiary/aromatic N) is 1. The first-order chi connectivity index (χ1) is 13.5. The molecule has 6 rings (SSSR count). The third-order valence-electron chi connectivity index (χ3n) is 6.62. The summed E-state index contributed by atoms with van der Waals surface area (Å²) < 4.78 is 13.0. The van der Waals surface area contributed by atoms with Gasteiger partial charge in [0.2, 0.25) is 11.8 Å². The van der Waals surface area contributed by atoms with Gasteiger partial charge in [0, 0.05) is 12.1 Å². The number of benzene rings is 1. The summed E-state index contributed by atoms with van der Waals surface area (Å²) in [5.74, 6) is 1.65. The molecule has 28 heavy (non-hydrogen) atoms. The molecule has 4 bridgehead atoms. The van der Waals surface area contributed by atoms with Gasteiger partial charge in [-0.2, -0.15) is 0 Å². The predicted molar refractivity (Wildman–Crippen MR) is 108 cm³/mol. The lowest BCUT2D eigenvalue weighted by molar-refractivity contribution is -0.122. The van der Waals surface area contributed by atoms with E-state index in [1.54, 1.807) is 0 Å². The maximum atomic E-state index is 13.0. The van der Waals surface area contributed by atoms with Crippen LogP contribution in [0.25, 0.3) is 0 Å². The molecule has 7 heteroatoms. The summed E-state index contributed by atoms with van der Waals surface area (Å²) in [4.78, 5) is 29.7. The summed E-state index contributed by atoms with van der Waals surface area (Å²) in [5, 5.41) is 5.84. The highest BCUT2D eigenvalue weighted by Gasteiger charge is 2.51. The highest BCUT2D eigenvalue weighted by Crippen LogP contribution is 2.57. The van der Waals surface area contributed by atoms with E-state index in [9.17, 15) is 14.0 Å². The molecule has 0 radical (unpaired) electrons. The zero-order valence-electron chi connectivity index (χ0n) is 15.6. The first-order valence-electron chi connectivity index (χ1n) is 10.1. The number of anilines is 1. The highest BCUT2D eigenvalue weighted by atomic mass is 32.2. The Labute approximate surface area is 167 Å². The van der Waals surface area contributed by atoms with Crippen LogP contribution in [0.5, 0.6) is 0 Å². The minimum atomic E-state index is -0.465. The van der Waals surface area contributed by atoms with Crippen molar-refractivity contribution < 1.29 is 14.0 Å². The first-order valence-corrected chi connectivity index (χ1v) is 11.0. The quantitative estimate of drug-likeness (QED) is 0.808. The van der Waals surface area contributed by atoms with Gasteiger partial charge in [-0.1, -0.05) is 11.8 Å². The van der Waals surface area contributed by atoms with Crippen molar-refractivity contribution in [1.82, 2.24) is 5.32 Å². The number of halogens is 1. The maximum Gasteiger partial charge on any atom is 0.240 e. The highest BCUT2D eigenvalue weighted by molar-refractivity contribution is 8.15. The van der Waals surface area contributed by atoms with Crippen LogP contribution in [0.1, 0.15) is 44.9 Å². The van der Waals surface area contributed by atoms with Gasteiger partial charge in [-0.15, -0.1) is 0 Å². The van der Waals surface area contributed by atoms with E-state index in [1.807, 2.05) is 0 Å². The molecule has 1 heterocycles. The van der Waals surface area contributed by atoms with Crippen molar-refractivity contribution in [2.24, 2.45) is 22.7 Å². The molecule has 4 aliphatic carbocycles. The second-order valence-electron chi connectivity index (χ2n) is 8.91. The second kappa shape index (κ2) is 6.87. The third kappa shape index (κ3) is 3.56. The molecule has 1 atom stereocenters. The number of hydrogen-bond donors (Lipinski definition) is 2. The lowest BCUT2D eigenvalue weighted by Crippen LogP contribution is -2.50. The SMILES string of the molecule is O=C(CC1SC(=NC23CC4CC(CC(C4)C2)C3)NC1=O)Nc1ccc(F)cc1. The van der Waals surface area contributed by atoms with Crippen LogP contribution in [0.2, 0.25) is 0 Å². The number of amides is 2. The van der Waals surface area contributed by atoms with Crippen molar-refractivity contribution in [3.63, 3.8) is 0 Å². The Hall–Kier alpha value is -1.89. The maximum absolute atomic E-state index is 13.0. The summed E-state index contributed by atoms with van der Waals surface area (Å²) in [5.41, 5.74) is 0.535. The average molecular weight is 402 g/mol. The molecular formula is C21H24FN3O2S. The van der Waals surface area contributed by atoms with E-state index in [4.69, 9.17) is 4.99 Å². The number of hydrogen-bond acceptors (Lipinski definition) is 4. The zero-order chi connectivity index (χ0) is 19.3. The van der Waals surface area contributed by atoms with Gasteiger partial charge in [0.05, 0.1) is 5.54 Å². The van der Waals surface area contributed by atoms with E-state index in [0.717, 1.165) is 37.0 Å². The van der Waals surface area contributed by atoms with Gasteiger partial charge in [-0.3, -0.25) is 14.6 Å². The van der Waals surface area contributed by atoms with Gasteiger partial charge in [0.1, 0.15) is 11.1 Å². The molecule has 5 aliphatic rings. The van der Waals surface area contributed by atoms with Crippen LogP contribution in [0.4, 0.5) is 10.1 Å². The Kier molecular flexibility index (Phi) is 4.45. The second-order valence-corrected chi connectivity index (χ2v) is 10.1. The Balaban J connectivity index is 1.23. The van der Waals surface area contributed by atoms with Crippen molar-refractivity contribution in [2.45, 2.75) is 55.7 Å². The van der Waals surface area contributed by atoms with Crippen molar-refractivity contribution in [3.05, 3.63) is 30.1 Å². The normalized spacial score (nSPS) is 37.3. The van der Waals surface area contributed by atoms with Crippen LogP contribution in [0.3, 0.4) is 0 Å². The zero-order valence-corrected chi connectivity index (χ0v) is 16.4. The van der Waals surface area contributed by atoms with Crippen molar-refractivity contribution in [3.8, 4) is 0 Å². The Morgan fingerprint density at radius 1 is 1.14 bits per heavy atom. The van der Waals surface area contributed by atoms with Gasteiger partial charge >= 0.3 is 0 Å². The number of thioether (sulfide) groups is 1. The van der Waals surface area contributed by atoms with Crippen molar-refractivity contribution >= 4 is 34.4 Å². The lowest BCUT2D eigenvalue weighted by atomic mass is 9.53. The number of rotatable bonds is 4. The molecule has 1 unspecified atom stereocenters. The Morgan fingerprint density at radius 3 is 2.36 bits per heavy atom. The fourth-order valence-electron chi connectivity index (χ4n) is 5.92. The lowest BCUT2D eigenvalue weighted by Gasteiger charge is -2.55. The van der Waals surface area contributed by atoms with Gasteiger partial charge in [-0.25, -0.2) is 4.39 Å². The number of nitrogens with one attached hydrogen (secondary N) is 2. The largest absolute Gasteiger partial charge is 0.326 e. The molecule has 4 saturated carbocycles. The van der Waals surface area contributed by atoms with Crippen LogP contribution in [0, 0.1) is 23.6 Å². The van der Waals surface area contributed by atoms with Crippen LogP contribution in [0.15, 0.2) is 29.3 Å². The molecule has 2 N–H and O–H groups in total. The summed E-state index contributed by atoms with van der Waals surface area (Å²) in [6.07, 6.45) is 7.59. The fourth-order valence-corrected chi connectivity index (χ4v) is 7.00.